The van der Waals surface area contributed by atoms with Gasteiger partial charge in [-0.1, -0.05) is 0 Å². The van der Waals surface area contributed by atoms with Crippen molar-refractivity contribution in [2.45, 2.75) is 19.6 Å². The zero-order valence-corrected chi connectivity index (χ0v) is 13.3. The summed E-state index contributed by atoms with van der Waals surface area (Å²) in [5.41, 5.74) is 1.80. The maximum Gasteiger partial charge on any atom is 0.435 e. The Kier molecular flexibility index (Phi) is 5.30. The number of phenols is 1. The summed E-state index contributed by atoms with van der Waals surface area (Å²) in [7, 11) is 1.45. The summed E-state index contributed by atoms with van der Waals surface area (Å²) in [6, 6.07) is 5.33. The number of hydrogen-bond donors (Lipinski definition) is 2. The largest absolute Gasteiger partial charge is 0.507 e. The van der Waals surface area contributed by atoms with Crippen LogP contribution in [0.3, 0.4) is 0 Å². The molecule has 2 aromatic rings. The Morgan fingerprint density at radius 3 is 2.68 bits per heavy atom. The van der Waals surface area contributed by atoms with Crippen LogP contribution in [0.4, 0.5) is 13.2 Å². The number of hydrazone groups is 1. The van der Waals surface area contributed by atoms with Crippen LogP contribution in [0.25, 0.3) is 0 Å². The van der Waals surface area contributed by atoms with Crippen molar-refractivity contribution in [2.24, 2.45) is 5.10 Å². The van der Waals surface area contributed by atoms with Crippen LogP contribution in [-0.2, 0) is 17.5 Å². The van der Waals surface area contributed by atoms with E-state index in [4.69, 9.17) is 4.74 Å². The van der Waals surface area contributed by atoms with Gasteiger partial charge in [0.05, 0.1) is 12.8 Å². The Hall–Kier alpha value is -3.04. The molecule has 10 heteroatoms. The third-order valence-corrected chi connectivity index (χ3v) is 3.18. The minimum atomic E-state index is -4.57. The minimum Gasteiger partial charge on any atom is -0.507 e. The smallest absolute Gasteiger partial charge is 0.435 e. The topological polar surface area (TPSA) is 88.7 Å². The molecule has 1 aromatic heterocycles. The number of nitrogens with one attached hydrogen (secondary N) is 1. The number of benzene rings is 1. The van der Waals surface area contributed by atoms with Gasteiger partial charge in [0.1, 0.15) is 18.0 Å². The van der Waals surface area contributed by atoms with Gasteiger partial charge in [-0.05, 0) is 25.1 Å². The monoisotopic (exact) mass is 356 g/mol. The van der Waals surface area contributed by atoms with Crippen molar-refractivity contribution in [1.82, 2.24) is 15.2 Å². The zero-order valence-electron chi connectivity index (χ0n) is 13.3. The molecular weight excluding hydrogens is 341 g/mol. The third-order valence-electron chi connectivity index (χ3n) is 3.18. The number of rotatable bonds is 5. The summed E-state index contributed by atoms with van der Waals surface area (Å²) in [6.07, 6.45) is -3.52. The van der Waals surface area contributed by atoms with E-state index in [9.17, 15) is 23.1 Å². The standard InChI is InChI=1S/C15H15F3N4O3/c1-9(11-4-3-10(25-2)7-12(11)23)19-20-14(24)8-22-6-5-13(21-22)15(16,17)18/h3-7,23H,8H2,1-2H3,(H,20,24)/b19-9+. The second kappa shape index (κ2) is 7.24. The molecular formula is C15H15F3N4O3. The second-order valence-corrected chi connectivity index (χ2v) is 5.01. The van der Waals surface area contributed by atoms with Crippen LogP contribution in [0.1, 0.15) is 18.2 Å². The summed E-state index contributed by atoms with van der Waals surface area (Å²) in [5, 5.41) is 17.0. The van der Waals surface area contributed by atoms with E-state index < -0.39 is 24.3 Å². The Bertz CT molecular complexity index is 800. The Balaban J connectivity index is 2.01. The van der Waals surface area contributed by atoms with E-state index in [1.165, 1.54) is 13.2 Å². The van der Waals surface area contributed by atoms with E-state index in [0.717, 1.165) is 16.9 Å². The van der Waals surface area contributed by atoms with Gasteiger partial charge in [-0.25, -0.2) is 5.43 Å². The molecule has 0 aliphatic rings. The third kappa shape index (κ3) is 4.72. The van der Waals surface area contributed by atoms with Gasteiger partial charge < -0.3 is 9.84 Å². The first kappa shape index (κ1) is 18.3. The van der Waals surface area contributed by atoms with E-state index in [2.05, 4.69) is 15.6 Å². The normalized spacial score (nSPS) is 12.1. The van der Waals surface area contributed by atoms with Crippen LogP contribution < -0.4 is 10.2 Å². The fourth-order valence-corrected chi connectivity index (χ4v) is 1.93. The summed E-state index contributed by atoms with van der Waals surface area (Å²) < 4.78 is 43.1. The SMILES string of the molecule is COc1ccc(/C(C)=N/NC(=O)Cn2ccc(C(F)(F)F)n2)c(O)c1. The molecule has 0 unspecified atom stereocenters. The van der Waals surface area contributed by atoms with Crippen LogP contribution in [0.2, 0.25) is 0 Å². The van der Waals surface area contributed by atoms with Crippen molar-refractivity contribution in [1.29, 1.82) is 0 Å². The molecule has 0 atom stereocenters. The number of nitrogens with zero attached hydrogens (tertiary/aromatic N) is 3. The lowest BCUT2D eigenvalue weighted by Crippen LogP contribution is -2.24. The lowest BCUT2D eigenvalue weighted by molar-refractivity contribution is -0.141. The van der Waals surface area contributed by atoms with Crippen molar-refractivity contribution < 1.29 is 27.8 Å². The molecule has 1 heterocycles. The van der Waals surface area contributed by atoms with Crippen LogP contribution in [0.5, 0.6) is 11.5 Å². The average Bonchev–Trinajstić information content (AvgIpc) is 3.01. The van der Waals surface area contributed by atoms with Gasteiger partial charge in [-0.15, -0.1) is 0 Å². The van der Waals surface area contributed by atoms with Crippen LogP contribution in [-0.4, -0.2) is 33.6 Å². The van der Waals surface area contributed by atoms with Crippen molar-refractivity contribution in [2.75, 3.05) is 7.11 Å². The summed E-state index contributed by atoms with van der Waals surface area (Å²) >= 11 is 0. The minimum absolute atomic E-state index is 0.0863. The van der Waals surface area contributed by atoms with Gasteiger partial charge in [0, 0.05) is 17.8 Å². The number of aromatic hydroxyl groups is 1. The fourth-order valence-electron chi connectivity index (χ4n) is 1.93. The van der Waals surface area contributed by atoms with E-state index in [1.54, 1.807) is 19.1 Å². The molecule has 0 saturated heterocycles. The Morgan fingerprint density at radius 2 is 2.12 bits per heavy atom. The van der Waals surface area contributed by atoms with E-state index in [1.807, 2.05) is 0 Å². The van der Waals surface area contributed by atoms with Gasteiger partial charge in [-0.2, -0.15) is 23.4 Å². The molecule has 2 N–H and O–H groups in total. The fraction of sp³-hybridized carbons (Fsp3) is 0.267. The van der Waals surface area contributed by atoms with E-state index >= 15 is 0 Å². The molecule has 0 fully saturated rings. The first-order valence-electron chi connectivity index (χ1n) is 7.02. The Morgan fingerprint density at radius 1 is 1.40 bits per heavy atom. The van der Waals surface area contributed by atoms with Gasteiger partial charge >= 0.3 is 6.18 Å². The number of amides is 1. The van der Waals surface area contributed by atoms with Crippen LogP contribution in [0.15, 0.2) is 35.6 Å². The van der Waals surface area contributed by atoms with Gasteiger partial charge in [0.25, 0.3) is 5.91 Å². The number of methoxy groups -OCH3 is 1. The molecule has 7 nitrogen and oxygen atoms in total. The Labute approximate surface area is 140 Å². The van der Waals surface area contributed by atoms with Crippen molar-refractivity contribution in [3.63, 3.8) is 0 Å². The predicted molar refractivity (Wildman–Crippen MR) is 82.2 cm³/mol. The maximum atomic E-state index is 12.4. The van der Waals surface area contributed by atoms with Crippen LogP contribution in [0, 0.1) is 0 Å². The number of carbonyl (C=O) groups excluding carboxylic acids is 1. The van der Waals surface area contributed by atoms with Gasteiger partial charge in [-0.3, -0.25) is 9.48 Å². The van der Waals surface area contributed by atoms with Crippen LogP contribution >= 0.6 is 0 Å². The van der Waals surface area contributed by atoms with Gasteiger partial charge in [0.15, 0.2) is 5.69 Å². The lowest BCUT2D eigenvalue weighted by Gasteiger charge is -2.07. The maximum absolute atomic E-state index is 12.4. The van der Waals surface area contributed by atoms with Crippen molar-refractivity contribution in [3.8, 4) is 11.5 Å². The quantitative estimate of drug-likeness (QED) is 0.635. The highest BCUT2D eigenvalue weighted by molar-refractivity contribution is 6.01. The number of ether oxygens (including phenoxy) is 1. The van der Waals surface area contributed by atoms with E-state index in [-0.39, 0.29) is 5.75 Å². The molecule has 1 aromatic carbocycles. The first-order valence-corrected chi connectivity index (χ1v) is 7.02. The molecule has 134 valence electrons. The number of carbonyl (C=O) groups is 1. The number of hydrogen-bond acceptors (Lipinski definition) is 5. The first-order chi connectivity index (χ1) is 11.7. The highest BCUT2D eigenvalue weighted by atomic mass is 19.4. The molecule has 0 bridgehead atoms. The number of halogens is 3. The second-order valence-electron chi connectivity index (χ2n) is 5.01. The van der Waals surface area contributed by atoms with Crippen molar-refractivity contribution in [3.05, 3.63) is 41.7 Å². The average molecular weight is 356 g/mol. The molecule has 0 saturated carbocycles. The number of phenolic OH excluding ortho intramolecular Hbond substituents is 1. The highest BCUT2D eigenvalue weighted by Crippen LogP contribution is 2.27. The summed E-state index contributed by atoms with van der Waals surface area (Å²) in [6.45, 7) is 1.12. The predicted octanol–water partition coefficient (Wildman–Crippen LogP) is 2.16. The molecule has 0 aliphatic heterocycles. The molecule has 0 aliphatic carbocycles. The van der Waals surface area contributed by atoms with E-state index in [0.29, 0.717) is 17.0 Å². The highest BCUT2D eigenvalue weighted by Gasteiger charge is 2.33. The van der Waals surface area contributed by atoms with Gasteiger partial charge in [0.2, 0.25) is 0 Å². The zero-order chi connectivity index (χ0) is 18.6. The summed E-state index contributed by atoms with van der Waals surface area (Å²) in [5.74, 6) is -0.293. The molecule has 2 rings (SSSR count). The number of aromatic nitrogens is 2. The molecule has 25 heavy (non-hydrogen) atoms. The lowest BCUT2D eigenvalue weighted by atomic mass is 10.1. The summed E-state index contributed by atoms with van der Waals surface area (Å²) in [4.78, 5) is 11.7. The molecule has 0 radical (unpaired) electrons. The number of alkyl halides is 3. The molecule has 0 spiro atoms. The molecule has 1 amide bonds. The van der Waals surface area contributed by atoms with Crippen molar-refractivity contribution >= 4 is 11.6 Å².